The zero-order chi connectivity index (χ0) is 19.2. The molecule has 1 N–H and O–H groups in total. The third-order valence-corrected chi connectivity index (χ3v) is 4.45. The zero-order valence-electron chi connectivity index (χ0n) is 15.7. The molecule has 3 aromatic rings. The number of hydrogen-bond acceptors (Lipinski definition) is 3. The standard InChI is InChI=1S/C20H23ClN6/c1-15-23-9-10-27(15)19-8-7-17(12-24-19)13-25-20(22-2)26(3)14-16-5-4-6-18(21)11-16/h4-12H,13-14H2,1-3H3,(H,22,25). The Morgan fingerprint density at radius 1 is 1.22 bits per heavy atom. The van der Waals surface area contributed by atoms with E-state index in [2.05, 4.69) is 37.3 Å². The molecule has 0 saturated heterocycles. The number of pyridine rings is 1. The molecule has 0 bridgehead atoms. The lowest BCUT2D eigenvalue weighted by molar-refractivity contribution is 0.476. The molecule has 3 rings (SSSR count). The molecule has 0 aliphatic heterocycles. The molecule has 2 aromatic heterocycles. The third kappa shape index (κ3) is 4.86. The van der Waals surface area contributed by atoms with E-state index in [1.165, 1.54) is 0 Å². The monoisotopic (exact) mass is 382 g/mol. The summed E-state index contributed by atoms with van der Waals surface area (Å²) < 4.78 is 1.95. The number of aryl methyl sites for hydroxylation is 1. The van der Waals surface area contributed by atoms with Gasteiger partial charge in [-0.15, -0.1) is 0 Å². The fourth-order valence-corrected chi connectivity index (χ4v) is 3.05. The van der Waals surface area contributed by atoms with E-state index in [0.717, 1.165) is 40.3 Å². The number of hydrogen-bond donors (Lipinski definition) is 1. The van der Waals surface area contributed by atoms with E-state index in [0.29, 0.717) is 6.54 Å². The Morgan fingerprint density at radius 2 is 2.07 bits per heavy atom. The second kappa shape index (κ2) is 8.68. The van der Waals surface area contributed by atoms with Gasteiger partial charge in [-0.1, -0.05) is 29.8 Å². The lowest BCUT2D eigenvalue weighted by Gasteiger charge is -2.22. The number of benzene rings is 1. The minimum absolute atomic E-state index is 0.642. The van der Waals surface area contributed by atoms with Crippen molar-refractivity contribution in [2.75, 3.05) is 14.1 Å². The Morgan fingerprint density at radius 3 is 2.70 bits per heavy atom. The normalized spacial score (nSPS) is 11.5. The van der Waals surface area contributed by atoms with Gasteiger partial charge in [0, 0.05) is 50.8 Å². The molecule has 0 amide bonds. The minimum Gasteiger partial charge on any atom is -0.352 e. The zero-order valence-corrected chi connectivity index (χ0v) is 16.5. The summed E-state index contributed by atoms with van der Waals surface area (Å²) in [6.07, 6.45) is 5.54. The number of guanidine groups is 1. The summed E-state index contributed by atoms with van der Waals surface area (Å²) in [6.45, 7) is 3.32. The van der Waals surface area contributed by atoms with Crippen molar-refractivity contribution in [2.24, 2.45) is 4.99 Å². The van der Waals surface area contributed by atoms with Gasteiger partial charge in [0.2, 0.25) is 0 Å². The van der Waals surface area contributed by atoms with Gasteiger partial charge in [0.15, 0.2) is 5.96 Å². The predicted octanol–water partition coefficient (Wildman–Crippen LogP) is 3.44. The average Bonchev–Trinajstić information content (AvgIpc) is 3.09. The highest BCUT2D eigenvalue weighted by Gasteiger charge is 2.08. The Kier molecular flexibility index (Phi) is 6.08. The van der Waals surface area contributed by atoms with Crippen molar-refractivity contribution in [1.29, 1.82) is 0 Å². The molecule has 140 valence electrons. The van der Waals surface area contributed by atoms with E-state index in [-0.39, 0.29) is 0 Å². The van der Waals surface area contributed by atoms with Crippen molar-refractivity contribution in [2.45, 2.75) is 20.0 Å². The molecule has 0 saturated carbocycles. The van der Waals surface area contributed by atoms with Crippen molar-refractivity contribution in [3.05, 3.63) is 77.0 Å². The van der Waals surface area contributed by atoms with Crippen LogP contribution in [0.15, 0.2) is 60.0 Å². The summed E-state index contributed by atoms with van der Waals surface area (Å²) in [6, 6.07) is 11.9. The Balaban J connectivity index is 1.60. The molecule has 0 aliphatic rings. The van der Waals surface area contributed by atoms with E-state index >= 15 is 0 Å². The highest BCUT2D eigenvalue weighted by Crippen LogP contribution is 2.12. The Bertz CT molecular complexity index is 916. The highest BCUT2D eigenvalue weighted by atomic mass is 35.5. The molecule has 27 heavy (non-hydrogen) atoms. The molecule has 7 heteroatoms. The maximum absolute atomic E-state index is 6.07. The first-order chi connectivity index (χ1) is 13.1. The summed E-state index contributed by atoms with van der Waals surface area (Å²) in [5.74, 6) is 2.58. The summed E-state index contributed by atoms with van der Waals surface area (Å²) >= 11 is 6.07. The first-order valence-electron chi connectivity index (χ1n) is 8.68. The lowest BCUT2D eigenvalue weighted by atomic mass is 10.2. The van der Waals surface area contributed by atoms with Gasteiger partial charge in [0.05, 0.1) is 0 Å². The summed E-state index contributed by atoms with van der Waals surface area (Å²) in [5, 5.41) is 4.11. The second-order valence-corrected chi connectivity index (χ2v) is 6.69. The van der Waals surface area contributed by atoms with Crippen molar-refractivity contribution in [1.82, 2.24) is 24.8 Å². The first-order valence-corrected chi connectivity index (χ1v) is 9.06. The quantitative estimate of drug-likeness (QED) is 0.542. The van der Waals surface area contributed by atoms with Gasteiger partial charge in [-0.25, -0.2) is 9.97 Å². The number of aliphatic imine (C=N–C) groups is 1. The third-order valence-electron chi connectivity index (χ3n) is 4.21. The van der Waals surface area contributed by atoms with Crippen LogP contribution in [0.1, 0.15) is 17.0 Å². The Labute approximate surface area is 164 Å². The van der Waals surface area contributed by atoms with Gasteiger partial charge < -0.3 is 10.2 Å². The van der Waals surface area contributed by atoms with Crippen LogP contribution in [0.4, 0.5) is 0 Å². The molecule has 0 unspecified atom stereocenters. The van der Waals surface area contributed by atoms with Crippen LogP contribution in [0.3, 0.4) is 0 Å². The van der Waals surface area contributed by atoms with Crippen LogP contribution in [0.25, 0.3) is 5.82 Å². The van der Waals surface area contributed by atoms with Crippen LogP contribution >= 0.6 is 11.6 Å². The summed E-state index contributed by atoms with van der Waals surface area (Å²) in [5.41, 5.74) is 2.21. The fourth-order valence-electron chi connectivity index (χ4n) is 2.83. The molecule has 2 heterocycles. The van der Waals surface area contributed by atoms with Crippen LogP contribution in [-0.2, 0) is 13.1 Å². The predicted molar refractivity (Wildman–Crippen MR) is 109 cm³/mol. The lowest BCUT2D eigenvalue weighted by Crippen LogP contribution is -2.38. The van der Waals surface area contributed by atoms with Gasteiger partial charge in [0.1, 0.15) is 11.6 Å². The van der Waals surface area contributed by atoms with Crippen molar-refractivity contribution in [3.8, 4) is 5.82 Å². The Hall–Kier alpha value is -2.86. The van der Waals surface area contributed by atoms with Crippen LogP contribution in [0, 0.1) is 6.92 Å². The van der Waals surface area contributed by atoms with Crippen LogP contribution in [0.2, 0.25) is 5.02 Å². The molecule has 1 aromatic carbocycles. The van der Waals surface area contributed by atoms with Gasteiger partial charge in [-0.2, -0.15) is 0 Å². The van der Waals surface area contributed by atoms with E-state index in [9.17, 15) is 0 Å². The molecule has 0 radical (unpaired) electrons. The maximum Gasteiger partial charge on any atom is 0.193 e. The van der Waals surface area contributed by atoms with Gasteiger partial charge in [-0.3, -0.25) is 9.56 Å². The van der Waals surface area contributed by atoms with Gasteiger partial charge in [0.25, 0.3) is 0 Å². The van der Waals surface area contributed by atoms with E-state index in [4.69, 9.17) is 11.6 Å². The minimum atomic E-state index is 0.642. The van der Waals surface area contributed by atoms with Gasteiger partial charge >= 0.3 is 0 Å². The van der Waals surface area contributed by atoms with Crippen molar-refractivity contribution in [3.63, 3.8) is 0 Å². The SMILES string of the molecule is CN=C(NCc1ccc(-n2ccnc2C)nc1)N(C)Cc1cccc(Cl)c1. The molecule has 0 atom stereocenters. The topological polar surface area (TPSA) is 58.3 Å². The average molecular weight is 383 g/mol. The van der Waals surface area contributed by atoms with Crippen LogP contribution in [-0.4, -0.2) is 39.5 Å². The maximum atomic E-state index is 6.07. The van der Waals surface area contributed by atoms with Crippen molar-refractivity contribution >= 4 is 17.6 Å². The van der Waals surface area contributed by atoms with E-state index < -0.39 is 0 Å². The van der Waals surface area contributed by atoms with Crippen LogP contribution in [0.5, 0.6) is 0 Å². The number of nitrogens with one attached hydrogen (secondary N) is 1. The van der Waals surface area contributed by atoms with E-state index in [1.54, 1.807) is 13.2 Å². The summed E-state index contributed by atoms with van der Waals surface area (Å²) in [4.78, 5) is 15.2. The molecule has 0 fully saturated rings. The van der Waals surface area contributed by atoms with Crippen molar-refractivity contribution < 1.29 is 0 Å². The second-order valence-electron chi connectivity index (χ2n) is 6.26. The smallest absolute Gasteiger partial charge is 0.193 e. The molecule has 0 aliphatic carbocycles. The fraction of sp³-hybridized carbons (Fsp3) is 0.250. The largest absolute Gasteiger partial charge is 0.352 e. The molecule has 0 spiro atoms. The van der Waals surface area contributed by atoms with E-state index in [1.807, 2.05) is 55.2 Å². The molecular formula is C20H23ClN6. The highest BCUT2D eigenvalue weighted by molar-refractivity contribution is 6.30. The number of nitrogens with zero attached hydrogens (tertiary/aromatic N) is 5. The number of aromatic nitrogens is 3. The molecule has 6 nitrogen and oxygen atoms in total. The molecular weight excluding hydrogens is 360 g/mol. The van der Waals surface area contributed by atoms with Gasteiger partial charge in [-0.05, 0) is 36.2 Å². The number of imidazole rings is 1. The van der Waals surface area contributed by atoms with Crippen LogP contribution < -0.4 is 5.32 Å². The first kappa shape index (κ1) is 18.9. The number of halogens is 1. The summed E-state index contributed by atoms with van der Waals surface area (Å²) in [7, 11) is 3.78. The number of rotatable bonds is 5.